The van der Waals surface area contributed by atoms with Crippen LogP contribution in [0.1, 0.15) is 28.4 Å². The van der Waals surface area contributed by atoms with Crippen LogP contribution in [-0.2, 0) is 17.9 Å². The molecule has 0 aliphatic carbocycles. The highest BCUT2D eigenvalue weighted by Crippen LogP contribution is 2.10. The number of carbonyl (C=O) groups is 2. The van der Waals surface area contributed by atoms with Crippen molar-refractivity contribution in [1.82, 2.24) is 4.90 Å². The first-order chi connectivity index (χ1) is 10.6. The van der Waals surface area contributed by atoms with Crippen LogP contribution in [0.2, 0.25) is 0 Å². The van der Waals surface area contributed by atoms with Gasteiger partial charge in [-0.2, -0.15) is 0 Å². The quantitative estimate of drug-likeness (QED) is 0.791. The fraction of sp³-hybridized carbons (Fsp3) is 0.222. The Morgan fingerprint density at radius 3 is 2.36 bits per heavy atom. The second-order valence-corrected chi connectivity index (χ2v) is 5.15. The molecule has 0 unspecified atom stereocenters. The summed E-state index contributed by atoms with van der Waals surface area (Å²) in [6, 6.07) is 16.8. The van der Waals surface area contributed by atoms with Crippen molar-refractivity contribution in [3.05, 3.63) is 71.3 Å². The molecule has 0 bridgehead atoms. The number of nitrogens with zero attached hydrogens (tertiary/aromatic N) is 1. The van der Waals surface area contributed by atoms with E-state index in [0.717, 1.165) is 11.1 Å². The molecule has 2 aromatic rings. The lowest BCUT2D eigenvalue weighted by Gasteiger charge is -2.17. The Hall–Kier alpha value is -2.62. The Morgan fingerprint density at radius 2 is 1.68 bits per heavy atom. The van der Waals surface area contributed by atoms with E-state index >= 15 is 0 Å². The topological polar surface area (TPSA) is 46.6 Å². The summed E-state index contributed by atoms with van der Waals surface area (Å²) in [5, 5.41) is 0. The molecule has 0 spiro atoms. The van der Waals surface area contributed by atoms with E-state index in [0.29, 0.717) is 12.1 Å². The van der Waals surface area contributed by atoms with Crippen molar-refractivity contribution in [1.29, 1.82) is 0 Å². The first-order valence-corrected chi connectivity index (χ1v) is 7.08. The number of hydrogen-bond acceptors (Lipinski definition) is 3. The minimum Gasteiger partial charge on any atom is -0.445 e. The van der Waals surface area contributed by atoms with Gasteiger partial charge in [-0.05, 0) is 24.1 Å². The second-order valence-electron chi connectivity index (χ2n) is 5.15. The summed E-state index contributed by atoms with van der Waals surface area (Å²) in [6.45, 7) is 2.17. The van der Waals surface area contributed by atoms with E-state index in [2.05, 4.69) is 0 Å². The molecule has 0 aliphatic heterocycles. The lowest BCUT2D eigenvalue weighted by Crippen LogP contribution is -2.26. The third-order valence-corrected chi connectivity index (χ3v) is 3.27. The third kappa shape index (κ3) is 4.45. The minimum absolute atomic E-state index is 0.0103. The van der Waals surface area contributed by atoms with E-state index in [1.165, 1.54) is 11.8 Å². The fourth-order valence-corrected chi connectivity index (χ4v) is 2.06. The van der Waals surface area contributed by atoms with E-state index in [1.807, 2.05) is 42.5 Å². The predicted octanol–water partition coefficient (Wildman–Crippen LogP) is 3.66. The van der Waals surface area contributed by atoms with Gasteiger partial charge >= 0.3 is 6.09 Å². The highest BCUT2D eigenvalue weighted by Gasteiger charge is 2.11. The summed E-state index contributed by atoms with van der Waals surface area (Å²) in [5.41, 5.74) is 2.48. The van der Waals surface area contributed by atoms with Crippen molar-refractivity contribution in [3.8, 4) is 0 Å². The zero-order chi connectivity index (χ0) is 15.9. The SMILES string of the molecule is CC(=O)c1cccc(CN(C)C(=O)OCc2ccccc2)c1. The second kappa shape index (κ2) is 7.41. The number of benzene rings is 2. The number of rotatable bonds is 5. The van der Waals surface area contributed by atoms with E-state index in [-0.39, 0.29) is 12.4 Å². The molecule has 1 amide bonds. The van der Waals surface area contributed by atoms with Crippen LogP contribution < -0.4 is 0 Å². The van der Waals surface area contributed by atoms with Crippen LogP contribution in [-0.4, -0.2) is 23.8 Å². The normalized spacial score (nSPS) is 10.1. The summed E-state index contributed by atoms with van der Waals surface area (Å²) in [7, 11) is 1.67. The number of hydrogen-bond donors (Lipinski definition) is 0. The molecular weight excluding hydrogens is 278 g/mol. The van der Waals surface area contributed by atoms with Gasteiger partial charge < -0.3 is 9.64 Å². The van der Waals surface area contributed by atoms with Crippen molar-refractivity contribution in [2.45, 2.75) is 20.1 Å². The van der Waals surface area contributed by atoms with Crippen molar-refractivity contribution in [3.63, 3.8) is 0 Å². The van der Waals surface area contributed by atoms with E-state index in [9.17, 15) is 9.59 Å². The van der Waals surface area contributed by atoms with Crippen LogP contribution in [0.5, 0.6) is 0 Å². The summed E-state index contributed by atoms with van der Waals surface area (Å²) in [5.74, 6) is 0.0103. The van der Waals surface area contributed by atoms with Crippen LogP contribution in [0.3, 0.4) is 0 Å². The standard InChI is InChI=1S/C18H19NO3/c1-14(20)17-10-6-9-16(11-17)12-19(2)18(21)22-13-15-7-4-3-5-8-15/h3-11H,12-13H2,1-2H3. The highest BCUT2D eigenvalue weighted by atomic mass is 16.6. The van der Waals surface area contributed by atoms with Crippen LogP contribution >= 0.6 is 0 Å². The molecule has 0 heterocycles. The molecule has 0 aromatic heterocycles. The Kier molecular flexibility index (Phi) is 5.31. The van der Waals surface area contributed by atoms with Gasteiger partial charge in [0.2, 0.25) is 0 Å². The molecule has 22 heavy (non-hydrogen) atoms. The molecule has 0 N–H and O–H groups in total. The van der Waals surface area contributed by atoms with Crippen molar-refractivity contribution >= 4 is 11.9 Å². The lowest BCUT2D eigenvalue weighted by atomic mass is 10.1. The summed E-state index contributed by atoms with van der Waals surface area (Å²) in [4.78, 5) is 24.8. The molecular formula is C18H19NO3. The molecule has 0 saturated carbocycles. The number of Topliss-reactive ketones (excluding diaryl/α,β-unsaturated/α-hetero) is 1. The lowest BCUT2D eigenvalue weighted by molar-refractivity contribution is 0.101. The maximum Gasteiger partial charge on any atom is 0.410 e. The van der Waals surface area contributed by atoms with Crippen LogP contribution in [0, 0.1) is 0 Å². The smallest absolute Gasteiger partial charge is 0.410 e. The monoisotopic (exact) mass is 297 g/mol. The predicted molar refractivity (Wildman–Crippen MR) is 84.5 cm³/mol. The van der Waals surface area contributed by atoms with Gasteiger partial charge in [-0.25, -0.2) is 4.79 Å². The van der Waals surface area contributed by atoms with Crippen molar-refractivity contribution < 1.29 is 14.3 Å². The molecule has 0 aliphatic rings. The number of carbonyl (C=O) groups excluding carboxylic acids is 2. The van der Waals surface area contributed by atoms with Gasteiger partial charge in [0.1, 0.15) is 6.61 Å². The molecule has 0 fully saturated rings. The van der Waals surface area contributed by atoms with Gasteiger partial charge in [-0.15, -0.1) is 0 Å². The Balaban J connectivity index is 1.91. The molecule has 2 rings (SSSR count). The summed E-state index contributed by atoms with van der Waals surface area (Å²) >= 11 is 0. The molecule has 0 saturated heterocycles. The Morgan fingerprint density at radius 1 is 1.00 bits per heavy atom. The molecule has 0 radical (unpaired) electrons. The largest absolute Gasteiger partial charge is 0.445 e. The molecule has 0 atom stereocenters. The van der Waals surface area contributed by atoms with Gasteiger partial charge in [-0.1, -0.05) is 48.5 Å². The first kappa shape index (κ1) is 15.8. The zero-order valence-corrected chi connectivity index (χ0v) is 12.8. The highest BCUT2D eigenvalue weighted by molar-refractivity contribution is 5.94. The minimum atomic E-state index is -0.392. The molecule has 4 nitrogen and oxygen atoms in total. The van der Waals surface area contributed by atoms with Gasteiger partial charge in [0.25, 0.3) is 0 Å². The van der Waals surface area contributed by atoms with Gasteiger partial charge in [-0.3, -0.25) is 4.79 Å². The molecule has 114 valence electrons. The molecule has 2 aromatic carbocycles. The van der Waals surface area contributed by atoms with Gasteiger partial charge in [0, 0.05) is 19.2 Å². The average molecular weight is 297 g/mol. The Bertz CT molecular complexity index is 652. The van der Waals surface area contributed by atoms with Crippen LogP contribution in [0.25, 0.3) is 0 Å². The third-order valence-electron chi connectivity index (χ3n) is 3.27. The van der Waals surface area contributed by atoms with E-state index in [4.69, 9.17) is 4.74 Å². The number of ketones is 1. The molecule has 4 heteroatoms. The number of ether oxygens (including phenoxy) is 1. The maximum absolute atomic E-state index is 12.0. The first-order valence-electron chi connectivity index (χ1n) is 7.08. The van der Waals surface area contributed by atoms with E-state index < -0.39 is 6.09 Å². The summed E-state index contributed by atoms with van der Waals surface area (Å²) in [6.07, 6.45) is -0.392. The maximum atomic E-state index is 12.0. The van der Waals surface area contributed by atoms with Gasteiger partial charge in [0.15, 0.2) is 5.78 Å². The van der Waals surface area contributed by atoms with Crippen LogP contribution in [0.15, 0.2) is 54.6 Å². The van der Waals surface area contributed by atoms with Gasteiger partial charge in [0.05, 0.1) is 0 Å². The fourth-order valence-electron chi connectivity index (χ4n) is 2.06. The average Bonchev–Trinajstić information content (AvgIpc) is 2.53. The van der Waals surface area contributed by atoms with Crippen molar-refractivity contribution in [2.75, 3.05) is 7.05 Å². The van der Waals surface area contributed by atoms with Crippen LogP contribution in [0.4, 0.5) is 4.79 Å². The van der Waals surface area contributed by atoms with Crippen molar-refractivity contribution in [2.24, 2.45) is 0 Å². The summed E-state index contributed by atoms with van der Waals surface area (Å²) < 4.78 is 5.26. The number of amides is 1. The Labute approximate surface area is 130 Å². The zero-order valence-electron chi connectivity index (χ0n) is 12.8. The van der Waals surface area contributed by atoms with E-state index in [1.54, 1.807) is 19.2 Å².